The highest BCUT2D eigenvalue weighted by Crippen LogP contribution is 2.04. The summed E-state index contributed by atoms with van der Waals surface area (Å²) in [6, 6.07) is -1.04. The van der Waals surface area contributed by atoms with Crippen LogP contribution < -0.4 is 10.6 Å². The van der Waals surface area contributed by atoms with Gasteiger partial charge in [0.05, 0.1) is 12.0 Å². The highest BCUT2D eigenvalue weighted by atomic mass is 16.4. The highest BCUT2D eigenvalue weighted by molar-refractivity contribution is 5.84. The van der Waals surface area contributed by atoms with Gasteiger partial charge in [-0.1, -0.05) is 32.6 Å². The number of aromatic amines is 1. The molecule has 25 heavy (non-hydrogen) atoms. The Morgan fingerprint density at radius 3 is 2.56 bits per heavy atom. The van der Waals surface area contributed by atoms with E-state index in [1.54, 1.807) is 6.20 Å². The van der Waals surface area contributed by atoms with Crippen molar-refractivity contribution in [2.75, 3.05) is 6.54 Å². The van der Waals surface area contributed by atoms with Gasteiger partial charge in [-0.2, -0.15) is 0 Å². The molecule has 0 aliphatic heterocycles. The first-order chi connectivity index (χ1) is 12.0. The predicted molar refractivity (Wildman–Crippen MR) is 92.9 cm³/mol. The monoisotopic (exact) mass is 352 g/mol. The standard InChI is InChI=1S/C17H28N4O4/c1-2-3-4-5-6-7-15(22)19-9-8-16(23)21-14(17(24)25)10-13-11-18-12-20-13/h11-12,14H,2-10H2,1H3,(H,18,20)(H,19,22)(H,21,23)(H,24,25). The van der Waals surface area contributed by atoms with Crippen LogP contribution in [0.1, 0.15) is 57.6 Å². The van der Waals surface area contributed by atoms with Crippen molar-refractivity contribution < 1.29 is 19.5 Å². The zero-order valence-electron chi connectivity index (χ0n) is 14.7. The molecule has 0 aliphatic rings. The van der Waals surface area contributed by atoms with E-state index in [9.17, 15) is 19.5 Å². The maximum atomic E-state index is 11.8. The largest absolute Gasteiger partial charge is 0.480 e. The number of unbranched alkanes of at least 4 members (excludes halogenated alkanes) is 4. The van der Waals surface area contributed by atoms with E-state index in [0.717, 1.165) is 19.3 Å². The molecule has 0 saturated carbocycles. The third-order valence-electron chi connectivity index (χ3n) is 3.78. The fourth-order valence-corrected chi connectivity index (χ4v) is 2.37. The van der Waals surface area contributed by atoms with Crippen molar-refractivity contribution in [3.63, 3.8) is 0 Å². The molecular formula is C17H28N4O4. The van der Waals surface area contributed by atoms with Gasteiger partial charge in [-0.15, -0.1) is 0 Å². The molecule has 0 aromatic carbocycles. The van der Waals surface area contributed by atoms with E-state index in [2.05, 4.69) is 27.5 Å². The van der Waals surface area contributed by atoms with Crippen LogP contribution in [-0.4, -0.2) is 45.4 Å². The molecule has 1 aromatic heterocycles. The first-order valence-corrected chi connectivity index (χ1v) is 8.79. The van der Waals surface area contributed by atoms with Crippen molar-refractivity contribution in [1.82, 2.24) is 20.6 Å². The summed E-state index contributed by atoms with van der Waals surface area (Å²) >= 11 is 0. The number of carbonyl (C=O) groups excluding carboxylic acids is 2. The second-order valence-electron chi connectivity index (χ2n) is 5.99. The van der Waals surface area contributed by atoms with Crippen LogP contribution in [-0.2, 0) is 20.8 Å². The Kier molecular flexibility index (Phi) is 9.96. The molecule has 140 valence electrons. The van der Waals surface area contributed by atoms with Crippen LogP contribution in [0.5, 0.6) is 0 Å². The Hall–Kier alpha value is -2.38. The van der Waals surface area contributed by atoms with E-state index in [0.29, 0.717) is 12.1 Å². The van der Waals surface area contributed by atoms with Crippen molar-refractivity contribution in [2.24, 2.45) is 0 Å². The van der Waals surface area contributed by atoms with Crippen LogP contribution in [0.2, 0.25) is 0 Å². The summed E-state index contributed by atoms with van der Waals surface area (Å²) < 4.78 is 0. The van der Waals surface area contributed by atoms with Crippen molar-refractivity contribution in [1.29, 1.82) is 0 Å². The van der Waals surface area contributed by atoms with Gasteiger partial charge in [-0.25, -0.2) is 9.78 Å². The number of aromatic nitrogens is 2. The van der Waals surface area contributed by atoms with Gasteiger partial charge in [0.1, 0.15) is 6.04 Å². The van der Waals surface area contributed by atoms with E-state index in [-0.39, 0.29) is 25.3 Å². The predicted octanol–water partition coefficient (Wildman–Crippen LogP) is 1.39. The van der Waals surface area contributed by atoms with E-state index in [1.165, 1.54) is 19.2 Å². The summed E-state index contributed by atoms with van der Waals surface area (Å²) in [5.41, 5.74) is 0.559. The lowest BCUT2D eigenvalue weighted by Gasteiger charge is -2.13. The first-order valence-electron chi connectivity index (χ1n) is 8.79. The van der Waals surface area contributed by atoms with Gasteiger partial charge in [-0.05, 0) is 6.42 Å². The molecule has 1 heterocycles. The number of hydrogen-bond donors (Lipinski definition) is 4. The highest BCUT2D eigenvalue weighted by Gasteiger charge is 2.21. The molecule has 1 rings (SSSR count). The maximum Gasteiger partial charge on any atom is 0.326 e. The number of nitrogens with zero attached hydrogens (tertiary/aromatic N) is 1. The van der Waals surface area contributed by atoms with Gasteiger partial charge < -0.3 is 20.7 Å². The maximum absolute atomic E-state index is 11.8. The first kappa shape index (κ1) is 20.7. The molecule has 0 aliphatic carbocycles. The van der Waals surface area contributed by atoms with Gasteiger partial charge in [0.2, 0.25) is 11.8 Å². The minimum Gasteiger partial charge on any atom is -0.480 e. The van der Waals surface area contributed by atoms with Crippen LogP contribution >= 0.6 is 0 Å². The van der Waals surface area contributed by atoms with E-state index < -0.39 is 17.9 Å². The van der Waals surface area contributed by atoms with Crippen molar-refractivity contribution in [3.05, 3.63) is 18.2 Å². The van der Waals surface area contributed by atoms with Gasteiger partial charge in [0.25, 0.3) is 0 Å². The third kappa shape index (κ3) is 9.49. The number of carboxylic acid groups (broad SMARTS) is 1. The minimum atomic E-state index is -1.12. The van der Waals surface area contributed by atoms with Crippen LogP contribution in [0.3, 0.4) is 0 Å². The average molecular weight is 352 g/mol. The lowest BCUT2D eigenvalue weighted by Crippen LogP contribution is -2.43. The molecule has 0 bridgehead atoms. The number of amides is 2. The van der Waals surface area contributed by atoms with Crippen LogP contribution in [0.15, 0.2) is 12.5 Å². The number of hydrogen-bond acceptors (Lipinski definition) is 4. The van der Waals surface area contributed by atoms with Gasteiger partial charge in [0.15, 0.2) is 0 Å². The van der Waals surface area contributed by atoms with E-state index in [4.69, 9.17) is 0 Å². The SMILES string of the molecule is CCCCCCCC(=O)NCCC(=O)NC(Cc1c[nH]cn1)C(=O)O. The lowest BCUT2D eigenvalue weighted by molar-refractivity contribution is -0.141. The number of carbonyl (C=O) groups is 3. The third-order valence-corrected chi connectivity index (χ3v) is 3.78. The number of H-pyrrole nitrogens is 1. The zero-order valence-corrected chi connectivity index (χ0v) is 14.7. The minimum absolute atomic E-state index is 0.0475. The Bertz CT molecular complexity index is 531. The van der Waals surface area contributed by atoms with Crippen LogP contribution in [0.4, 0.5) is 0 Å². The van der Waals surface area contributed by atoms with Crippen molar-refractivity contribution >= 4 is 17.8 Å². The normalized spacial score (nSPS) is 11.7. The summed E-state index contributed by atoms with van der Waals surface area (Å²) in [5, 5.41) is 14.3. The summed E-state index contributed by atoms with van der Waals surface area (Å²) in [5.74, 6) is -1.60. The number of nitrogens with one attached hydrogen (secondary N) is 3. The molecule has 0 radical (unpaired) electrons. The molecule has 1 atom stereocenters. The Morgan fingerprint density at radius 2 is 1.92 bits per heavy atom. The van der Waals surface area contributed by atoms with Gasteiger partial charge in [0, 0.05) is 32.0 Å². The molecule has 1 unspecified atom stereocenters. The second-order valence-corrected chi connectivity index (χ2v) is 5.99. The van der Waals surface area contributed by atoms with Gasteiger partial charge in [-0.3, -0.25) is 9.59 Å². The quantitative estimate of drug-likeness (QED) is 0.399. The van der Waals surface area contributed by atoms with Crippen molar-refractivity contribution in [3.8, 4) is 0 Å². The molecule has 1 aromatic rings. The Labute approximate surface area is 147 Å². The number of imidazole rings is 1. The van der Waals surface area contributed by atoms with Crippen molar-refractivity contribution in [2.45, 2.75) is 64.3 Å². The topological polar surface area (TPSA) is 124 Å². The second kappa shape index (κ2) is 12.0. The average Bonchev–Trinajstić information content (AvgIpc) is 3.07. The lowest BCUT2D eigenvalue weighted by atomic mass is 10.1. The Morgan fingerprint density at radius 1 is 1.16 bits per heavy atom. The van der Waals surface area contributed by atoms with Gasteiger partial charge >= 0.3 is 5.97 Å². The molecule has 8 nitrogen and oxygen atoms in total. The van der Waals surface area contributed by atoms with E-state index >= 15 is 0 Å². The zero-order chi connectivity index (χ0) is 18.5. The fourth-order valence-electron chi connectivity index (χ4n) is 2.37. The fraction of sp³-hybridized carbons (Fsp3) is 0.647. The molecule has 0 fully saturated rings. The summed E-state index contributed by atoms with van der Waals surface area (Å²) in [7, 11) is 0. The number of aliphatic carboxylic acids is 1. The molecular weight excluding hydrogens is 324 g/mol. The van der Waals surface area contributed by atoms with Crippen LogP contribution in [0.25, 0.3) is 0 Å². The number of carboxylic acids is 1. The number of rotatable bonds is 13. The molecule has 0 saturated heterocycles. The molecule has 4 N–H and O–H groups in total. The molecule has 8 heteroatoms. The smallest absolute Gasteiger partial charge is 0.326 e. The summed E-state index contributed by atoms with van der Waals surface area (Å²) in [6.07, 6.45) is 9.03. The van der Waals surface area contributed by atoms with E-state index in [1.807, 2.05) is 0 Å². The summed E-state index contributed by atoms with van der Waals surface area (Å²) in [6.45, 7) is 2.34. The van der Waals surface area contributed by atoms with Crippen LogP contribution in [0, 0.1) is 0 Å². The molecule has 2 amide bonds. The summed E-state index contributed by atoms with van der Waals surface area (Å²) in [4.78, 5) is 41.4. The Balaban J connectivity index is 2.19. The molecule has 0 spiro atoms.